The average molecular weight is 296 g/mol. The Morgan fingerprint density at radius 2 is 2.05 bits per heavy atom. The Hall–Kier alpha value is -0.610. The Bertz CT molecular complexity index is 333. The maximum Gasteiger partial charge on any atom is 0.222 e. The lowest BCUT2D eigenvalue weighted by Gasteiger charge is -2.32. The summed E-state index contributed by atoms with van der Waals surface area (Å²) in [5, 5.41) is 3.23. The Morgan fingerprint density at radius 1 is 1.24 bits per heavy atom. The number of amides is 1. The van der Waals surface area contributed by atoms with E-state index in [-0.39, 0.29) is 12.0 Å². The second-order valence-corrected chi connectivity index (χ2v) is 7.12. The molecule has 2 aliphatic heterocycles. The van der Waals surface area contributed by atoms with Gasteiger partial charge in [0.1, 0.15) is 0 Å². The van der Waals surface area contributed by atoms with Crippen LogP contribution in [0.25, 0.3) is 0 Å². The van der Waals surface area contributed by atoms with Gasteiger partial charge in [-0.3, -0.25) is 9.69 Å². The van der Waals surface area contributed by atoms with Crippen molar-refractivity contribution in [3.8, 4) is 0 Å². The fourth-order valence-corrected chi connectivity index (χ4v) is 3.78. The van der Waals surface area contributed by atoms with Gasteiger partial charge in [0.25, 0.3) is 0 Å². The van der Waals surface area contributed by atoms with Crippen molar-refractivity contribution < 1.29 is 9.53 Å². The van der Waals surface area contributed by atoms with Crippen LogP contribution in [0.1, 0.15) is 59.3 Å². The standard InChI is InChI=1S/C17H32N2O2/c1-13(2)12-14(3)21-11-8-17(20)18-15-7-10-19-9-5-4-6-16(15)19/h13-16H,4-12H2,1-3H3,(H,18,20)/t14-,15+,16+/m0/s1. The lowest BCUT2D eigenvalue weighted by Crippen LogP contribution is -2.47. The predicted molar refractivity (Wildman–Crippen MR) is 85.2 cm³/mol. The van der Waals surface area contributed by atoms with E-state index >= 15 is 0 Å². The number of rotatable bonds is 7. The summed E-state index contributed by atoms with van der Waals surface area (Å²) in [6.07, 6.45) is 6.78. The third kappa shape index (κ3) is 5.26. The maximum absolute atomic E-state index is 12.1. The minimum absolute atomic E-state index is 0.157. The Balaban J connectivity index is 1.63. The molecule has 0 aromatic heterocycles. The van der Waals surface area contributed by atoms with E-state index in [0.717, 1.165) is 19.4 Å². The first-order chi connectivity index (χ1) is 10.1. The Labute approximate surface area is 129 Å². The summed E-state index contributed by atoms with van der Waals surface area (Å²) in [6.45, 7) is 9.39. The van der Waals surface area contributed by atoms with E-state index in [1.54, 1.807) is 0 Å². The first-order valence-corrected chi connectivity index (χ1v) is 8.71. The van der Waals surface area contributed by atoms with Gasteiger partial charge in [0.05, 0.1) is 12.7 Å². The summed E-state index contributed by atoms with van der Waals surface area (Å²) in [5.74, 6) is 0.800. The van der Waals surface area contributed by atoms with Gasteiger partial charge in [-0.05, 0) is 45.1 Å². The van der Waals surface area contributed by atoms with E-state index in [4.69, 9.17) is 4.74 Å². The highest BCUT2D eigenvalue weighted by Crippen LogP contribution is 2.27. The Kier molecular flexibility index (Phi) is 6.49. The molecule has 0 aliphatic carbocycles. The van der Waals surface area contributed by atoms with E-state index in [1.165, 1.54) is 25.8 Å². The van der Waals surface area contributed by atoms with E-state index < -0.39 is 0 Å². The summed E-state index contributed by atoms with van der Waals surface area (Å²) < 4.78 is 5.72. The van der Waals surface area contributed by atoms with Crippen molar-refractivity contribution in [1.29, 1.82) is 0 Å². The van der Waals surface area contributed by atoms with Gasteiger partial charge < -0.3 is 10.1 Å². The fourth-order valence-electron chi connectivity index (χ4n) is 3.78. The molecule has 2 rings (SSSR count). The van der Waals surface area contributed by atoms with Gasteiger partial charge in [-0.25, -0.2) is 0 Å². The van der Waals surface area contributed by atoms with E-state index in [0.29, 0.717) is 31.0 Å². The molecule has 3 atom stereocenters. The van der Waals surface area contributed by atoms with E-state index in [9.17, 15) is 4.79 Å². The molecule has 2 aliphatic rings. The van der Waals surface area contributed by atoms with E-state index in [1.807, 2.05) is 0 Å². The van der Waals surface area contributed by atoms with Crippen molar-refractivity contribution in [3.05, 3.63) is 0 Å². The topological polar surface area (TPSA) is 41.6 Å². The summed E-state index contributed by atoms with van der Waals surface area (Å²) in [7, 11) is 0. The molecule has 21 heavy (non-hydrogen) atoms. The first kappa shape index (κ1) is 16.8. The fraction of sp³-hybridized carbons (Fsp3) is 0.941. The van der Waals surface area contributed by atoms with Gasteiger partial charge >= 0.3 is 0 Å². The number of hydrogen-bond acceptors (Lipinski definition) is 3. The van der Waals surface area contributed by atoms with Crippen LogP contribution in [-0.4, -0.2) is 48.7 Å². The minimum Gasteiger partial charge on any atom is -0.378 e. The minimum atomic E-state index is 0.157. The molecule has 0 spiro atoms. The molecule has 0 saturated carbocycles. The number of carbonyl (C=O) groups excluding carboxylic acids is 1. The normalized spacial score (nSPS) is 27.6. The number of nitrogens with zero attached hydrogens (tertiary/aromatic N) is 1. The molecule has 2 fully saturated rings. The molecule has 2 heterocycles. The van der Waals surface area contributed by atoms with Crippen LogP contribution in [0.15, 0.2) is 0 Å². The second-order valence-electron chi connectivity index (χ2n) is 7.12. The highest BCUT2D eigenvalue weighted by Gasteiger charge is 2.35. The zero-order chi connectivity index (χ0) is 15.2. The summed E-state index contributed by atoms with van der Waals surface area (Å²) in [5.41, 5.74) is 0. The number of fused-ring (bicyclic) bond motifs is 1. The number of hydrogen-bond donors (Lipinski definition) is 1. The van der Waals surface area contributed by atoms with Gasteiger partial charge in [0.2, 0.25) is 5.91 Å². The van der Waals surface area contributed by atoms with Crippen LogP contribution in [0.4, 0.5) is 0 Å². The Morgan fingerprint density at radius 3 is 2.81 bits per heavy atom. The van der Waals surface area contributed by atoms with Crippen LogP contribution >= 0.6 is 0 Å². The van der Waals surface area contributed by atoms with Crippen molar-refractivity contribution in [2.24, 2.45) is 5.92 Å². The number of ether oxygens (including phenoxy) is 1. The molecule has 4 heteroatoms. The van der Waals surface area contributed by atoms with Gasteiger partial charge in [0, 0.05) is 25.0 Å². The van der Waals surface area contributed by atoms with Gasteiger partial charge in [-0.2, -0.15) is 0 Å². The quantitative estimate of drug-likeness (QED) is 0.785. The monoisotopic (exact) mass is 296 g/mol. The van der Waals surface area contributed by atoms with Crippen molar-refractivity contribution in [1.82, 2.24) is 10.2 Å². The highest BCUT2D eigenvalue weighted by atomic mass is 16.5. The van der Waals surface area contributed by atoms with Crippen molar-refractivity contribution in [3.63, 3.8) is 0 Å². The SMILES string of the molecule is CC(C)C[C@H](C)OCCC(=O)N[C@@H]1CCN2CCCC[C@H]12. The molecule has 1 amide bonds. The molecule has 2 saturated heterocycles. The zero-order valence-corrected chi connectivity index (χ0v) is 13.9. The first-order valence-electron chi connectivity index (χ1n) is 8.71. The van der Waals surface area contributed by atoms with Crippen LogP contribution in [-0.2, 0) is 9.53 Å². The summed E-state index contributed by atoms with van der Waals surface area (Å²) >= 11 is 0. The molecular formula is C17H32N2O2. The molecule has 0 aromatic carbocycles. The molecule has 0 bridgehead atoms. The number of piperidine rings is 1. The summed E-state index contributed by atoms with van der Waals surface area (Å²) in [4.78, 5) is 14.6. The van der Waals surface area contributed by atoms with Crippen molar-refractivity contribution in [2.45, 2.75) is 77.5 Å². The molecule has 0 radical (unpaired) electrons. The smallest absolute Gasteiger partial charge is 0.222 e. The number of nitrogens with one attached hydrogen (secondary N) is 1. The van der Waals surface area contributed by atoms with Crippen molar-refractivity contribution in [2.75, 3.05) is 19.7 Å². The largest absolute Gasteiger partial charge is 0.378 e. The second kappa shape index (κ2) is 8.14. The van der Waals surface area contributed by atoms with Crippen molar-refractivity contribution >= 4 is 5.91 Å². The summed E-state index contributed by atoms with van der Waals surface area (Å²) in [6, 6.07) is 0.953. The van der Waals surface area contributed by atoms with Crippen LogP contribution in [0.2, 0.25) is 0 Å². The van der Waals surface area contributed by atoms with Gasteiger partial charge in [-0.1, -0.05) is 20.3 Å². The van der Waals surface area contributed by atoms with Crippen LogP contribution < -0.4 is 5.32 Å². The molecule has 0 unspecified atom stereocenters. The molecular weight excluding hydrogens is 264 g/mol. The third-order valence-corrected chi connectivity index (χ3v) is 4.74. The average Bonchev–Trinajstić information content (AvgIpc) is 2.81. The van der Waals surface area contributed by atoms with Crippen LogP contribution in [0.5, 0.6) is 0 Å². The van der Waals surface area contributed by atoms with Gasteiger partial charge in [-0.15, -0.1) is 0 Å². The lowest BCUT2D eigenvalue weighted by molar-refractivity contribution is -0.123. The maximum atomic E-state index is 12.1. The number of carbonyl (C=O) groups is 1. The molecule has 122 valence electrons. The molecule has 1 N–H and O–H groups in total. The highest BCUT2D eigenvalue weighted by molar-refractivity contribution is 5.76. The van der Waals surface area contributed by atoms with Crippen LogP contribution in [0.3, 0.4) is 0 Å². The zero-order valence-electron chi connectivity index (χ0n) is 13.9. The third-order valence-electron chi connectivity index (χ3n) is 4.74. The van der Waals surface area contributed by atoms with Crippen LogP contribution in [0, 0.1) is 5.92 Å². The molecule has 0 aromatic rings. The van der Waals surface area contributed by atoms with E-state index in [2.05, 4.69) is 31.0 Å². The lowest BCUT2D eigenvalue weighted by atomic mass is 9.99. The molecule has 4 nitrogen and oxygen atoms in total. The van der Waals surface area contributed by atoms with Gasteiger partial charge in [0.15, 0.2) is 0 Å². The predicted octanol–water partition coefficient (Wildman–Crippen LogP) is 2.57.